The van der Waals surface area contributed by atoms with Gasteiger partial charge < -0.3 is 5.73 Å². The Morgan fingerprint density at radius 3 is 2.80 bits per heavy atom. The zero-order valence-corrected chi connectivity index (χ0v) is 9.22. The Hall–Kier alpha value is -0.930. The summed E-state index contributed by atoms with van der Waals surface area (Å²) in [5.74, 6) is -0.981. The average molecular weight is 230 g/mol. The lowest BCUT2D eigenvalue weighted by molar-refractivity contribution is 0.0953. The summed E-state index contributed by atoms with van der Waals surface area (Å²) in [4.78, 5) is 11.7. The minimum atomic E-state index is -0.634. The van der Waals surface area contributed by atoms with Crippen molar-refractivity contribution in [2.24, 2.45) is 5.73 Å². The van der Waals surface area contributed by atoms with Gasteiger partial charge in [0.15, 0.2) is 5.78 Å². The molecule has 4 heteroatoms. The van der Waals surface area contributed by atoms with Crippen LogP contribution in [0, 0.1) is 5.82 Å². The maximum atomic E-state index is 13.3. The maximum Gasteiger partial charge on any atom is 0.182 e. The van der Waals surface area contributed by atoms with E-state index in [0.717, 1.165) is 12.5 Å². The SMILES string of the molecule is CCCC(N)C(=O)c1ccc(Cl)cc1F. The third kappa shape index (κ3) is 3.01. The standard InChI is InChI=1S/C11H13ClFNO/c1-2-3-10(14)11(15)8-5-4-7(12)6-9(8)13/h4-6,10H,2-3,14H2,1H3. The third-order valence-electron chi connectivity index (χ3n) is 2.13. The fourth-order valence-corrected chi connectivity index (χ4v) is 1.49. The molecule has 2 nitrogen and oxygen atoms in total. The summed E-state index contributed by atoms with van der Waals surface area (Å²) in [5, 5.41) is 0.271. The number of hydrogen-bond donors (Lipinski definition) is 1. The van der Waals surface area contributed by atoms with Gasteiger partial charge in [-0.1, -0.05) is 24.9 Å². The number of benzene rings is 1. The van der Waals surface area contributed by atoms with Crippen molar-refractivity contribution in [1.29, 1.82) is 0 Å². The van der Waals surface area contributed by atoms with Crippen LogP contribution in [0.1, 0.15) is 30.1 Å². The Morgan fingerprint density at radius 2 is 2.27 bits per heavy atom. The normalized spacial score (nSPS) is 12.5. The van der Waals surface area contributed by atoms with E-state index in [2.05, 4.69) is 0 Å². The Kier molecular flexibility index (Phi) is 4.24. The van der Waals surface area contributed by atoms with Crippen LogP contribution in [0.25, 0.3) is 0 Å². The van der Waals surface area contributed by atoms with E-state index in [4.69, 9.17) is 17.3 Å². The molecule has 1 unspecified atom stereocenters. The number of carbonyl (C=O) groups excluding carboxylic acids is 1. The molecule has 0 saturated heterocycles. The summed E-state index contributed by atoms with van der Waals surface area (Å²) >= 11 is 5.58. The predicted octanol–water partition coefficient (Wildman–Crippen LogP) is 2.79. The lowest BCUT2D eigenvalue weighted by Crippen LogP contribution is -2.30. The lowest BCUT2D eigenvalue weighted by Gasteiger charge is -2.09. The van der Waals surface area contributed by atoms with Gasteiger partial charge in [0.05, 0.1) is 11.6 Å². The van der Waals surface area contributed by atoms with Gasteiger partial charge in [0.1, 0.15) is 5.82 Å². The van der Waals surface area contributed by atoms with Crippen LogP contribution in [0.5, 0.6) is 0 Å². The highest BCUT2D eigenvalue weighted by Gasteiger charge is 2.18. The number of Topliss-reactive ketones (excluding diaryl/α,β-unsaturated/α-hetero) is 1. The van der Waals surface area contributed by atoms with Crippen molar-refractivity contribution in [3.05, 3.63) is 34.6 Å². The second kappa shape index (κ2) is 5.24. The van der Waals surface area contributed by atoms with Crippen LogP contribution in [0.15, 0.2) is 18.2 Å². The van der Waals surface area contributed by atoms with Crippen molar-refractivity contribution < 1.29 is 9.18 Å². The van der Waals surface area contributed by atoms with Crippen molar-refractivity contribution in [1.82, 2.24) is 0 Å². The Bertz CT molecular complexity index is 368. The summed E-state index contributed by atoms with van der Waals surface area (Å²) in [6.45, 7) is 1.92. The van der Waals surface area contributed by atoms with E-state index < -0.39 is 11.9 Å². The largest absolute Gasteiger partial charge is 0.321 e. The molecule has 1 atom stereocenters. The topological polar surface area (TPSA) is 43.1 Å². The number of ketones is 1. The van der Waals surface area contributed by atoms with Gasteiger partial charge in [0.25, 0.3) is 0 Å². The van der Waals surface area contributed by atoms with E-state index in [0.29, 0.717) is 6.42 Å². The summed E-state index contributed by atoms with van der Waals surface area (Å²) in [5.41, 5.74) is 5.63. The third-order valence-corrected chi connectivity index (χ3v) is 2.37. The van der Waals surface area contributed by atoms with Crippen molar-refractivity contribution in [3.8, 4) is 0 Å². The first-order valence-electron chi connectivity index (χ1n) is 4.81. The van der Waals surface area contributed by atoms with Gasteiger partial charge in [-0.15, -0.1) is 0 Å². The first kappa shape index (κ1) is 12.1. The molecule has 0 amide bonds. The van der Waals surface area contributed by atoms with Crippen LogP contribution >= 0.6 is 11.6 Å². The highest BCUT2D eigenvalue weighted by Crippen LogP contribution is 2.16. The maximum absolute atomic E-state index is 13.3. The summed E-state index contributed by atoms with van der Waals surface area (Å²) in [6, 6.07) is 3.34. The molecular weight excluding hydrogens is 217 g/mol. The Morgan fingerprint density at radius 1 is 1.60 bits per heavy atom. The quantitative estimate of drug-likeness (QED) is 0.807. The second-order valence-electron chi connectivity index (χ2n) is 3.38. The molecule has 0 aliphatic heterocycles. The van der Waals surface area contributed by atoms with Crippen LogP contribution in [0.2, 0.25) is 5.02 Å². The van der Waals surface area contributed by atoms with Crippen LogP contribution < -0.4 is 5.73 Å². The van der Waals surface area contributed by atoms with Gasteiger partial charge in [0, 0.05) is 5.02 Å². The molecular formula is C11H13ClFNO. The first-order chi connectivity index (χ1) is 7.06. The van der Waals surface area contributed by atoms with Crippen molar-refractivity contribution >= 4 is 17.4 Å². The van der Waals surface area contributed by atoms with Gasteiger partial charge in [-0.25, -0.2) is 4.39 Å². The van der Waals surface area contributed by atoms with Crippen LogP contribution in [-0.2, 0) is 0 Å². The number of carbonyl (C=O) groups is 1. The average Bonchev–Trinajstić information content (AvgIpc) is 2.17. The van der Waals surface area contributed by atoms with E-state index in [1.807, 2.05) is 6.92 Å². The molecule has 0 radical (unpaired) electrons. The fourth-order valence-electron chi connectivity index (χ4n) is 1.33. The predicted molar refractivity (Wildman–Crippen MR) is 58.6 cm³/mol. The van der Waals surface area contributed by atoms with Crippen LogP contribution in [-0.4, -0.2) is 11.8 Å². The molecule has 0 heterocycles. The van der Waals surface area contributed by atoms with Gasteiger partial charge in [-0.2, -0.15) is 0 Å². The molecule has 0 aliphatic carbocycles. The van der Waals surface area contributed by atoms with Gasteiger partial charge in [-0.05, 0) is 24.6 Å². The monoisotopic (exact) mass is 229 g/mol. The van der Waals surface area contributed by atoms with E-state index >= 15 is 0 Å². The van der Waals surface area contributed by atoms with Gasteiger partial charge in [-0.3, -0.25) is 4.79 Å². The zero-order valence-electron chi connectivity index (χ0n) is 8.47. The second-order valence-corrected chi connectivity index (χ2v) is 3.82. The molecule has 0 aromatic heterocycles. The molecule has 82 valence electrons. The molecule has 0 bridgehead atoms. The zero-order chi connectivity index (χ0) is 11.4. The molecule has 2 N–H and O–H groups in total. The molecule has 1 aromatic carbocycles. The van der Waals surface area contributed by atoms with E-state index in [-0.39, 0.29) is 16.4 Å². The van der Waals surface area contributed by atoms with Crippen molar-refractivity contribution in [2.75, 3.05) is 0 Å². The molecule has 0 saturated carbocycles. The highest BCUT2D eigenvalue weighted by atomic mass is 35.5. The number of halogens is 2. The van der Waals surface area contributed by atoms with E-state index in [1.54, 1.807) is 0 Å². The highest BCUT2D eigenvalue weighted by molar-refractivity contribution is 6.30. The fraction of sp³-hybridized carbons (Fsp3) is 0.364. The Labute approximate surface area is 93.2 Å². The summed E-state index contributed by atoms with van der Waals surface area (Å²) in [6.07, 6.45) is 1.35. The minimum absolute atomic E-state index is 0.0142. The van der Waals surface area contributed by atoms with Crippen LogP contribution in [0.4, 0.5) is 4.39 Å². The van der Waals surface area contributed by atoms with Crippen molar-refractivity contribution in [3.63, 3.8) is 0 Å². The molecule has 0 fully saturated rings. The molecule has 1 rings (SSSR count). The van der Waals surface area contributed by atoms with Gasteiger partial charge in [0.2, 0.25) is 0 Å². The molecule has 0 aliphatic rings. The van der Waals surface area contributed by atoms with E-state index in [9.17, 15) is 9.18 Å². The minimum Gasteiger partial charge on any atom is -0.321 e. The molecule has 0 spiro atoms. The van der Waals surface area contributed by atoms with Gasteiger partial charge >= 0.3 is 0 Å². The Balaban J connectivity index is 2.91. The number of nitrogens with two attached hydrogens (primary N) is 1. The lowest BCUT2D eigenvalue weighted by atomic mass is 10.0. The molecule has 15 heavy (non-hydrogen) atoms. The van der Waals surface area contributed by atoms with Crippen molar-refractivity contribution in [2.45, 2.75) is 25.8 Å². The summed E-state index contributed by atoms with van der Waals surface area (Å²) in [7, 11) is 0. The first-order valence-corrected chi connectivity index (χ1v) is 5.19. The van der Waals surface area contributed by atoms with Crippen LogP contribution in [0.3, 0.4) is 0 Å². The summed E-state index contributed by atoms with van der Waals surface area (Å²) < 4.78 is 13.3. The smallest absolute Gasteiger partial charge is 0.182 e. The van der Waals surface area contributed by atoms with E-state index in [1.165, 1.54) is 12.1 Å². The number of rotatable bonds is 4. The molecule has 1 aromatic rings. The number of hydrogen-bond acceptors (Lipinski definition) is 2.